The van der Waals surface area contributed by atoms with Gasteiger partial charge in [-0.2, -0.15) is 0 Å². The van der Waals surface area contributed by atoms with Crippen LogP contribution in [0.25, 0.3) is 86.2 Å². The van der Waals surface area contributed by atoms with Gasteiger partial charge in [-0.1, -0.05) is 91.0 Å². The van der Waals surface area contributed by atoms with E-state index < -0.39 is 0 Å². The number of benzene rings is 7. The molecule has 0 amide bonds. The minimum absolute atomic E-state index is 1.31. The van der Waals surface area contributed by atoms with Crippen molar-refractivity contribution in [1.29, 1.82) is 0 Å². The Morgan fingerprint density at radius 3 is 1.47 bits per heavy atom. The molecule has 0 heteroatoms. The van der Waals surface area contributed by atoms with Crippen molar-refractivity contribution in [3.05, 3.63) is 109 Å². The van der Waals surface area contributed by atoms with Crippen molar-refractivity contribution in [3.63, 3.8) is 0 Å². The van der Waals surface area contributed by atoms with E-state index in [1.165, 1.54) is 86.2 Å². The lowest BCUT2D eigenvalue weighted by Gasteiger charge is -2.10. The zero-order chi connectivity index (χ0) is 22.0. The Balaban J connectivity index is 1.55. The molecule has 0 radical (unpaired) electrons. The number of hydrogen-bond donors (Lipinski definition) is 0. The molecule has 0 unspecified atom stereocenters. The molecule has 34 heavy (non-hydrogen) atoms. The van der Waals surface area contributed by atoms with E-state index in [4.69, 9.17) is 0 Å². The lowest BCUT2D eigenvalue weighted by atomic mass is 9.94. The third kappa shape index (κ3) is 1.89. The van der Waals surface area contributed by atoms with E-state index in [1.54, 1.807) is 0 Å². The van der Waals surface area contributed by atoms with Crippen molar-refractivity contribution >= 4 is 86.2 Å². The van der Waals surface area contributed by atoms with Gasteiger partial charge in [0.05, 0.1) is 0 Å². The van der Waals surface area contributed by atoms with Gasteiger partial charge in [-0.15, -0.1) is 0 Å². The predicted molar refractivity (Wildman–Crippen MR) is 149 cm³/mol. The van der Waals surface area contributed by atoms with Gasteiger partial charge >= 0.3 is 0 Å². The molecular weight excluding hydrogens is 408 g/mol. The Morgan fingerprint density at radius 1 is 0.235 bits per heavy atom. The SMILES string of the molecule is c1ccc2c(c1)c1cccc3c4ccc5cc6c(cc5c4cc2c31)c1cccc2cccc6c21. The summed E-state index contributed by atoms with van der Waals surface area (Å²) in [5.74, 6) is 0. The lowest BCUT2D eigenvalue weighted by Crippen LogP contribution is -1.82. The molecule has 0 saturated heterocycles. The van der Waals surface area contributed by atoms with Gasteiger partial charge in [-0.3, -0.25) is 0 Å². The largest absolute Gasteiger partial charge is 0.0616 e. The second-order valence-corrected chi connectivity index (χ2v) is 9.69. The van der Waals surface area contributed by atoms with Gasteiger partial charge < -0.3 is 0 Å². The molecule has 0 atom stereocenters. The molecule has 0 aliphatic carbocycles. The Morgan fingerprint density at radius 2 is 0.735 bits per heavy atom. The Bertz CT molecular complexity index is 2260. The summed E-state index contributed by atoms with van der Waals surface area (Å²) in [4.78, 5) is 0. The Hall–Kier alpha value is -4.42. The van der Waals surface area contributed by atoms with Crippen LogP contribution in [0.5, 0.6) is 0 Å². The zero-order valence-corrected chi connectivity index (χ0v) is 18.4. The summed E-state index contributed by atoms with van der Waals surface area (Å²) < 4.78 is 0. The molecule has 0 aromatic heterocycles. The fourth-order valence-electron chi connectivity index (χ4n) is 6.69. The Kier molecular flexibility index (Phi) is 2.88. The first-order valence-electron chi connectivity index (χ1n) is 12.0. The highest BCUT2D eigenvalue weighted by Crippen LogP contribution is 2.45. The van der Waals surface area contributed by atoms with Gasteiger partial charge in [0, 0.05) is 0 Å². The summed E-state index contributed by atoms with van der Waals surface area (Å²) in [6, 6.07) is 41.0. The van der Waals surface area contributed by atoms with E-state index in [0.717, 1.165) is 0 Å². The smallest absolute Gasteiger partial charge is 0.00199 e. The number of hydrogen-bond acceptors (Lipinski definition) is 0. The number of rotatable bonds is 0. The maximum atomic E-state index is 2.45. The molecular formula is C34H18. The summed E-state index contributed by atoms with van der Waals surface area (Å²) in [7, 11) is 0. The predicted octanol–water partition coefficient (Wildman–Crippen LogP) is 9.79. The molecule has 0 N–H and O–H groups in total. The molecule has 0 aliphatic heterocycles. The van der Waals surface area contributed by atoms with Crippen LogP contribution in [0.3, 0.4) is 0 Å². The monoisotopic (exact) mass is 426 g/mol. The molecule has 0 saturated carbocycles. The molecule has 9 rings (SSSR count). The van der Waals surface area contributed by atoms with Crippen LogP contribution < -0.4 is 0 Å². The van der Waals surface area contributed by atoms with E-state index in [0.29, 0.717) is 0 Å². The molecule has 0 spiro atoms. The summed E-state index contributed by atoms with van der Waals surface area (Å²) in [6.07, 6.45) is 0. The van der Waals surface area contributed by atoms with Gasteiger partial charge in [0.15, 0.2) is 0 Å². The summed E-state index contributed by atoms with van der Waals surface area (Å²) in [5, 5.41) is 21.7. The highest BCUT2D eigenvalue weighted by molar-refractivity contribution is 6.37. The molecule has 9 aromatic carbocycles. The molecule has 0 nitrogen and oxygen atoms in total. The van der Waals surface area contributed by atoms with E-state index in [-0.39, 0.29) is 0 Å². The Labute approximate surface area is 195 Å². The van der Waals surface area contributed by atoms with Gasteiger partial charge in [0.1, 0.15) is 0 Å². The van der Waals surface area contributed by atoms with Gasteiger partial charge in [0.2, 0.25) is 0 Å². The summed E-state index contributed by atoms with van der Waals surface area (Å²) >= 11 is 0. The van der Waals surface area contributed by atoms with E-state index in [9.17, 15) is 0 Å². The van der Waals surface area contributed by atoms with Gasteiger partial charge in [-0.05, 0) is 104 Å². The molecule has 0 bridgehead atoms. The third-order valence-corrected chi connectivity index (χ3v) is 8.10. The van der Waals surface area contributed by atoms with Gasteiger partial charge in [-0.25, -0.2) is 0 Å². The first-order chi connectivity index (χ1) is 16.9. The summed E-state index contributed by atoms with van der Waals surface area (Å²) in [6.45, 7) is 0. The minimum Gasteiger partial charge on any atom is -0.0616 e. The maximum Gasteiger partial charge on any atom is -0.00199 e. The van der Waals surface area contributed by atoms with Crippen LogP contribution >= 0.6 is 0 Å². The van der Waals surface area contributed by atoms with Crippen LogP contribution in [0.1, 0.15) is 0 Å². The van der Waals surface area contributed by atoms with E-state index >= 15 is 0 Å². The maximum absolute atomic E-state index is 2.45. The average molecular weight is 427 g/mol. The van der Waals surface area contributed by atoms with Crippen LogP contribution in [0, 0.1) is 0 Å². The van der Waals surface area contributed by atoms with Crippen molar-refractivity contribution in [2.75, 3.05) is 0 Å². The van der Waals surface area contributed by atoms with E-state index in [1.807, 2.05) is 0 Å². The molecule has 0 aliphatic rings. The van der Waals surface area contributed by atoms with Gasteiger partial charge in [0.25, 0.3) is 0 Å². The van der Waals surface area contributed by atoms with Crippen LogP contribution in [-0.4, -0.2) is 0 Å². The highest BCUT2D eigenvalue weighted by atomic mass is 14.2. The first kappa shape index (κ1) is 17.1. The highest BCUT2D eigenvalue weighted by Gasteiger charge is 2.17. The zero-order valence-electron chi connectivity index (χ0n) is 18.4. The third-order valence-electron chi connectivity index (χ3n) is 8.10. The fraction of sp³-hybridized carbons (Fsp3) is 0. The minimum atomic E-state index is 1.31. The molecule has 9 aromatic rings. The van der Waals surface area contributed by atoms with Crippen LogP contribution in [-0.2, 0) is 0 Å². The van der Waals surface area contributed by atoms with Crippen LogP contribution in [0.2, 0.25) is 0 Å². The second kappa shape index (κ2) is 5.73. The molecule has 0 heterocycles. The lowest BCUT2D eigenvalue weighted by molar-refractivity contribution is 1.85. The quantitative estimate of drug-likeness (QED) is 0.212. The summed E-state index contributed by atoms with van der Waals surface area (Å²) in [5.41, 5.74) is 0. The van der Waals surface area contributed by atoms with Crippen molar-refractivity contribution in [1.82, 2.24) is 0 Å². The fourth-order valence-corrected chi connectivity index (χ4v) is 6.69. The molecule has 0 fully saturated rings. The normalized spacial score (nSPS) is 12.7. The average Bonchev–Trinajstić information content (AvgIpc) is 3.38. The second-order valence-electron chi connectivity index (χ2n) is 9.69. The van der Waals surface area contributed by atoms with Crippen molar-refractivity contribution in [2.24, 2.45) is 0 Å². The molecule has 154 valence electrons. The van der Waals surface area contributed by atoms with Crippen molar-refractivity contribution in [2.45, 2.75) is 0 Å². The number of fused-ring (bicyclic) bond motifs is 10. The standard InChI is InChI=1S/C34H18/c1-2-9-22-21(8-1)24-12-5-13-25-23-15-14-20-16-29-26-10-3-6-19-7-4-11-27(33(19)26)31(29)17-28(20)30(23)18-32(22)34(24)25/h1-18H. The van der Waals surface area contributed by atoms with Crippen molar-refractivity contribution in [3.8, 4) is 0 Å². The van der Waals surface area contributed by atoms with E-state index in [2.05, 4.69) is 109 Å². The van der Waals surface area contributed by atoms with Crippen LogP contribution in [0.15, 0.2) is 109 Å². The van der Waals surface area contributed by atoms with Crippen molar-refractivity contribution < 1.29 is 0 Å². The van der Waals surface area contributed by atoms with Crippen LogP contribution in [0.4, 0.5) is 0 Å². The first-order valence-corrected chi connectivity index (χ1v) is 12.0. The topological polar surface area (TPSA) is 0 Å².